The maximum Gasteiger partial charge on any atom is 0.270 e. The molecule has 1 atom stereocenters. The largest absolute Gasteiger partial charge is 0.490 e. The molecule has 0 spiro atoms. The highest BCUT2D eigenvalue weighted by molar-refractivity contribution is 6.23. The van der Waals surface area contributed by atoms with Crippen LogP contribution in [-0.4, -0.2) is 98.7 Å². The molecule has 0 bridgehead atoms. The lowest BCUT2D eigenvalue weighted by Crippen LogP contribution is -2.54. The van der Waals surface area contributed by atoms with Gasteiger partial charge in [0, 0.05) is 69.8 Å². The Balaban J connectivity index is 0.791. The van der Waals surface area contributed by atoms with Gasteiger partial charge in [0.1, 0.15) is 23.6 Å². The zero-order valence-corrected chi connectivity index (χ0v) is 29.1. The van der Waals surface area contributed by atoms with Crippen LogP contribution in [0, 0.1) is 0 Å². The molecule has 3 aromatic heterocycles. The van der Waals surface area contributed by atoms with Gasteiger partial charge in [0.05, 0.1) is 34.0 Å². The molecular weight excluding hydrogens is 680 g/mol. The molecular formula is C38H38N8O7. The molecule has 2 saturated heterocycles. The van der Waals surface area contributed by atoms with E-state index >= 15 is 0 Å². The molecule has 8 rings (SSSR count). The molecule has 4 aliphatic rings. The monoisotopic (exact) mass is 718 g/mol. The third kappa shape index (κ3) is 6.75. The number of piperazine rings is 1. The summed E-state index contributed by atoms with van der Waals surface area (Å²) in [7, 11) is 0. The molecule has 272 valence electrons. The number of aromatic amines is 1. The van der Waals surface area contributed by atoms with Crippen molar-refractivity contribution in [1.29, 1.82) is 0 Å². The first-order valence-electron chi connectivity index (χ1n) is 17.9. The number of aryl methyl sites for hydroxylation is 1. The number of hydrogen-bond donors (Lipinski definition) is 3. The van der Waals surface area contributed by atoms with Crippen molar-refractivity contribution in [2.24, 2.45) is 0 Å². The summed E-state index contributed by atoms with van der Waals surface area (Å²) < 4.78 is 6.05. The average Bonchev–Trinajstić information content (AvgIpc) is 3.38. The summed E-state index contributed by atoms with van der Waals surface area (Å²) in [5.74, 6) is -2.10. The number of rotatable bonds is 9. The molecule has 3 N–H and O–H groups in total. The van der Waals surface area contributed by atoms with E-state index in [1.807, 2.05) is 31.3 Å². The third-order valence-corrected chi connectivity index (χ3v) is 10.5. The molecule has 0 radical (unpaired) electrons. The number of anilines is 1. The van der Waals surface area contributed by atoms with E-state index in [2.05, 4.69) is 35.4 Å². The molecule has 3 fully saturated rings. The lowest BCUT2D eigenvalue weighted by Gasteiger charge is -2.36. The number of pyridine rings is 3. The average molecular weight is 719 g/mol. The lowest BCUT2D eigenvalue weighted by molar-refractivity contribution is -0.136. The lowest BCUT2D eigenvalue weighted by atomic mass is 9.89. The van der Waals surface area contributed by atoms with Gasteiger partial charge < -0.3 is 19.9 Å². The molecule has 15 heteroatoms. The summed E-state index contributed by atoms with van der Waals surface area (Å²) in [4.78, 5) is 92.6. The number of carbonyl (C=O) groups is 5. The van der Waals surface area contributed by atoms with Gasteiger partial charge in [0.15, 0.2) is 0 Å². The highest BCUT2D eigenvalue weighted by atomic mass is 16.5. The highest BCUT2D eigenvalue weighted by Crippen LogP contribution is 2.33. The number of piperidine rings is 1. The van der Waals surface area contributed by atoms with Crippen LogP contribution in [0.1, 0.15) is 74.9 Å². The second kappa shape index (κ2) is 13.9. The van der Waals surface area contributed by atoms with Crippen LogP contribution >= 0.6 is 0 Å². The van der Waals surface area contributed by atoms with E-state index in [-0.39, 0.29) is 47.6 Å². The van der Waals surface area contributed by atoms with Crippen molar-refractivity contribution >= 4 is 46.3 Å². The van der Waals surface area contributed by atoms with Crippen LogP contribution in [0.2, 0.25) is 0 Å². The molecule has 5 amide bonds. The van der Waals surface area contributed by atoms with Gasteiger partial charge in [-0.2, -0.15) is 0 Å². The number of nitrogens with one attached hydrogen (secondary N) is 3. The normalized spacial score (nSPS) is 21.7. The smallest absolute Gasteiger partial charge is 0.270 e. The molecule has 6 heterocycles. The third-order valence-electron chi connectivity index (χ3n) is 10.5. The van der Waals surface area contributed by atoms with E-state index in [4.69, 9.17) is 4.74 Å². The quantitative estimate of drug-likeness (QED) is 0.215. The number of imide groups is 2. The highest BCUT2D eigenvalue weighted by Gasteiger charge is 2.45. The van der Waals surface area contributed by atoms with Crippen LogP contribution in [0.25, 0.3) is 11.0 Å². The minimum atomic E-state index is -1.03. The number of carbonyl (C=O) groups excluding carboxylic acids is 5. The minimum Gasteiger partial charge on any atom is -0.490 e. The Kier molecular flexibility index (Phi) is 8.94. The first-order chi connectivity index (χ1) is 25.6. The molecule has 3 aliphatic heterocycles. The van der Waals surface area contributed by atoms with E-state index < -0.39 is 29.7 Å². The Morgan fingerprint density at radius 1 is 0.925 bits per heavy atom. The van der Waals surface area contributed by atoms with Crippen LogP contribution in [0.5, 0.6) is 5.75 Å². The molecule has 0 unspecified atom stereocenters. The molecule has 53 heavy (non-hydrogen) atoms. The second-order valence-electron chi connectivity index (χ2n) is 14.0. The van der Waals surface area contributed by atoms with Crippen molar-refractivity contribution in [3.8, 4) is 5.75 Å². The summed E-state index contributed by atoms with van der Waals surface area (Å²) in [5, 5.41) is 5.20. The summed E-state index contributed by atoms with van der Waals surface area (Å²) in [6.45, 7) is 5.99. The van der Waals surface area contributed by atoms with Gasteiger partial charge in [0.2, 0.25) is 11.8 Å². The number of H-pyrrole nitrogens is 1. The van der Waals surface area contributed by atoms with Gasteiger partial charge in [0.25, 0.3) is 23.3 Å². The number of aromatic nitrogens is 3. The van der Waals surface area contributed by atoms with Gasteiger partial charge >= 0.3 is 0 Å². The number of amides is 5. The number of benzene rings is 1. The van der Waals surface area contributed by atoms with Gasteiger partial charge in [-0.05, 0) is 60.9 Å². The van der Waals surface area contributed by atoms with Crippen molar-refractivity contribution in [2.75, 3.05) is 31.1 Å². The Bertz CT molecular complexity index is 2210. The molecule has 4 aromatic rings. The van der Waals surface area contributed by atoms with Crippen LogP contribution in [0.4, 0.5) is 5.69 Å². The predicted molar refractivity (Wildman–Crippen MR) is 191 cm³/mol. The standard InChI is InChI=1S/C38H38N8O7/c1-2-22-14-30-31(42-34(22)48)13-21(18-39-30)20-44-9-11-45(12-10-44)24-3-6-29(40-19-24)35(49)41-23-15-26(16-23)53-25-4-5-27-28(17-25)38(52)46(37(27)51)32-7-8-33(47)43-36(32)50/h3-6,13-14,17-19,23,26,32H,2,7-12,15-16,20H2,1H3,(H,41,49)(H,42,48)(H,43,47,50)/t23?,26?,32-/m1/s1. The first-order valence-corrected chi connectivity index (χ1v) is 17.9. The van der Waals surface area contributed by atoms with Crippen LogP contribution in [0.3, 0.4) is 0 Å². The Labute approximate surface area is 303 Å². The predicted octanol–water partition coefficient (Wildman–Crippen LogP) is 1.94. The van der Waals surface area contributed by atoms with E-state index in [0.717, 1.165) is 65.5 Å². The van der Waals surface area contributed by atoms with Crippen LogP contribution in [0.15, 0.2) is 59.7 Å². The van der Waals surface area contributed by atoms with E-state index in [9.17, 15) is 28.8 Å². The van der Waals surface area contributed by atoms with Crippen molar-refractivity contribution in [2.45, 2.75) is 63.8 Å². The number of ether oxygens (including phenoxy) is 1. The van der Waals surface area contributed by atoms with Crippen LogP contribution < -0.4 is 25.8 Å². The Morgan fingerprint density at radius 3 is 2.45 bits per heavy atom. The van der Waals surface area contributed by atoms with Crippen molar-refractivity contribution < 1.29 is 28.7 Å². The Morgan fingerprint density at radius 2 is 1.72 bits per heavy atom. The topological polar surface area (TPSA) is 187 Å². The van der Waals surface area contributed by atoms with Crippen LogP contribution in [-0.2, 0) is 22.6 Å². The molecule has 1 aromatic carbocycles. The minimum absolute atomic E-state index is 0.0519. The fourth-order valence-corrected chi connectivity index (χ4v) is 7.40. The molecule has 1 saturated carbocycles. The number of hydrogen-bond acceptors (Lipinski definition) is 11. The maximum atomic E-state index is 13.1. The zero-order valence-electron chi connectivity index (χ0n) is 29.1. The van der Waals surface area contributed by atoms with E-state index in [1.54, 1.807) is 18.3 Å². The van der Waals surface area contributed by atoms with Gasteiger partial charge in [-0.1, -0.05) is 6.92 Å². The molecule has 15 nitrogen and oxygen atoms in total. The van der Waals surface area contributed by atoms with Crippen molar-refractivity contribution in [3.63, 3.8) is 0 Å². The molecule has 1 aliphatic carbocycles. The van der Waals surface area contributed by atoms with Gasteiger partial charge in [-0.3, -0.25) is 48.9 Å². The summed E-state index contributed by atoms with van der Waals surface area (Å²) in [6.07, 6.45) is 5.34. The zero-order chi connectivity index (χ0) is 36.8. The fraction of sp³-hybridized carbons (Fsp3) is 0.368. The van der Waals surface area contributed by atoms with Gasteiger partial charge in [-0.25, -0.2) is 4.98 Å². The summed E-state index contributed by atoms with van der Waals surface area (Å²) in [5.41, 5.74) is 4.87. The second-order valence-corrected chi connectivity index (χ2v) is 14.0. The Hall–Kier alpha value is -5.96. The van der Waals surface area contributed by atoms with Crippen molar-refractivity contribution in [3.05, 3.63) is 93.2 Å². The SMILES string of the molecule is CCc1cc2ncc(CN3CCN(c4ccc(C(=O)NC5CC(Oc6ccc7c(c6)C(=O)N([C@@H]6CCC(=O)NC6=O)C7=O)C5)nc4)CC3)cc2[nH]c1=O. The van der Waals surface area contributed by atoms with Crippen molar-refractivity contribution in [1.82, 2.24) is 35.4 Å². The maximum absolute atomic E-state index is 13.1. The number of fused-ring (bicyclic) bond motifs is 2. The number of nitrogens with zero attached hydrogens (tertiary/aromatic N) is 5. The summed E-state index contributed by atoms with van der Waals surface area (Å²) in [6, 6.07) is 11.0. The fourth-order valence-electron chi connectivity index (χ4n) is 7.40. The van der Waals surface area contributed by atoms with E-state index in [0.29, 0.717) is 30.7 Å². The van der Waals surface area contributed by atoms with Gasteiger partial charge in [-0.15, -0.1) is 0 Å². The van der Waals surface area contributed by atoms with E-state index in [1.165, 1.54) is 12.1 Å². The summed E-state index contributed by atoms with van der Waals surface area (Å²) >= 11 is 0. The first kappa shape index (κ1) is 34.1.